The predicted octanol–water partition coefficient (Wildman–Crippen LogP) is 3.33. The summed E-state index contributed by atoms with van der Waals surface area (Å²) in [5, 5.41) is 5.20. The molecule has 2 aromatic rings. The molecule has 0 atom stereocenters. The molecule has 0 aliphatic rings. The van der Waals surface area contributed by atoms with Crippen molar-refractivity contribution < 1.29 is 0 Å². The van der Waals surface area contributed by atoms with Crippen molar-refractivity contribution in [3.05, 3.63) is 30.0 Å². The molecule has 0 saturated carbocycles. The van der Waals surface area contributed by atoms with Gasteiger partial charge < -0.3 is 4.59 Å². The summed E-state index contributed by atoms with van der Waals surface area (Å²) in [4.78, 5) is 0. The van der Waals surface area contributed by atoms with Crippen molar-refractivity contribution in [1.29, 1.82) is 0 Å². The second kappa shape index (κ2) is 7.10. The molecule has 1 aromatic carbocycles. The van der Waals surface area contributed by atoms with Crippen LogP contribution in [-0.4, -0.2) is 17.7 Å². The normalized spacial score (nSPS) is 8.60. The van der Waals surface area contributed by atoms with Crippen LogP contribution < -0.4 is 0 Å². The summed E-state index contributed by atoms with van der Waals surface area (Å²) in [7, 11) is 5.58. The van der Waals surface area contributed by atoms with Crippen LogP contribution in [0, 0.1) is 6.92 Å². The van der Waals surface area contributed by atoms with Gasteiger partial charge in [-0.2, -0.15) is 5.10 Å². The average molecular weight is 202 g/mol. The van der Waals surface area contributed by atoms with E-state index in [0.29, 0.717) is 0 Å². The third-order valence-electron chi connectivity index (χ3n) is 1.80. The van der Waals surface area contributed by atoms with E-state index in [1.165, 1.54) is 4.59 Å². The fourth-order valence-corrected chi connectivity index (χ4v) is 1.25. The van der Waals surface area contributed by atoms with Crippen molar-refractivity contribution >= 4 is 18.9 Å². The minimum Gasteiger partial charge on any atom is -0.323 e. The van der Waals surface area contributed by atoms with Crippen LogP contribution in [0.15, 0.2) is 24.3 Å². The molecule has 2 nitrogen and oxygen atoms in total. The second-order valence-corrected chi connectivity index (χ2v) is 2.55. The van der Waals surface area contributed by atoms with Crippen LogP contribution in [0.25, 0.3) is 10.9 Å². The van der Waals surface area contributed by atoms with Gasteiger partial charge in [0.1, 0.15) is 0 Å². The Morgan fingerprint density at radius 3 is 2.13 bits per heavy atom. The molecule has 0 N–H and O–H groups in total. The summed E-state index contributed by atoms with van der Waals surface area (Å²) in [5.41, 5.74) is 1.95. The Morgan fingerprint density at radius 2 is 1.60 bits per heavy atom. The SMILES string of the molecule is CC.CC.[B]n1nc(C)c2ccccc21. The van der Waals surface area contributed by atoms with Crippen molar-refractivity contribution in [3.63, 3.8) is 0 Å². The smallest absolute Gasteiger partial charge is 0.265 e. The van der Waals surface area contributed by atoms with Gasteiger partial charge in [-0.05, 0) is 13.0 Å². The molecule has 0 aliphatic heterocycles. The van der Waals surface area contributed by atoms with Crippen LogP contribution in [0.4, 0.5) is 0 Å². The Bertz CT molecular complexity index is 357. The molecule has 1 aromatic heterocycles. The molecule has 0 fully saturated rings. The van der Waals surface area contributed by atoms with Crippen LogP contribution in [0.3, 0.4) is 0 Å². The fraction of sp³-hybridized carbons (Fsp3) is 0.417. The van der Waals surface area contributed by atoms with Gasteiger partial charge in [0.2, 0.25) is 0 Å². The number of aromatic nitrogens is 2. The molecule has 2 radical (unpaired) electrons. The molecule has 0 bridgehead atoms. The first-order valence-electron chi connectivity index (χ1n) is 5.48. The molecule has 80 valence electrons. The first-order chi connectivity index (χ1) is 7.29. The van der Waals surface area contributed by atoms with Crippen molar-refractivity contribution in [3.8, 4) is 0 Å². The number of rotatable bonds is 0. The van der Waals surface area contributed by atoms with E-state index >= 15 is 0 Å². The van der Waals surface area contributed by atoms with E-state index in [-0.39, 0.29) is 0 Å². The number of para-hydroxylation sites is 1. The monoisotopic (exact) mass is 202 g/mol. The fourth-order valence-electron chi connectivity index (χ4n) is 1.25. The zero-order valence-corrected chi connectivity index (χ0v) is 10.3. The lowest BCUT2D eigenvalue weighted by atomic mass is 10.2. The molecule has 0 spiro atoms. The van der Waals surface area contributed by atoms with E-state index in [1.54, 1.807) is 0 Å². The van der Waals surface area contributed by atoms with Crippen molar-refractivity contribution in [1.82, 2.24) is 9.69 Å². The molecule has 1 heterocycles. The van der Waals surface area contributed by atoms with Gasteiger partial charge in [-0.15, -0.1) is 0 Å². The molecule has 2 rings (SSSR count). The summed E-state index contributed by atoms with van der Waals surface area (Å²) in [6.07, 6.45) is 0. The highest BCUT2D eigenvalue weighted by molar-refractivity contribution is 6.10. The lowest BCUT2D eigenvalue weighted by Crippen LogP contribution is -1.92. The summed E-state index contributed by atoms with van der Waals surface area (Å²) in [5.74, 6) is 0. The minimum atomic E-state index is 0.975. The average Bonchev–Trinajstić information content (AvgIpc) is 2.61. The molecular weight excluding hydrogens is 183 g/mol. The van der Waals surface area contributed by atoms with Gasteiger partial charge in [-0.25, -0.2) is 0 Å². The third-order valence-corrected chi connectivity index (χ3v) is 1.80. The third kappa shape index (κ3) is 3.12. The van der Waals surface area contributed by atoms with Gasteiger partial charge in [-0.3, -0.25) is 0 Å². The van der Waals surface area contributed by atoms with Gasteiger partial charge in [0.15, 0.2) is 0 Å². The number of benzene rings is 1. The maximum Gasteiger partial charge on any atom is 0.265 e. The van der Waals surface area contributed by atoms with E-state index in [4.69, 9.17) is 7.98 Å². The highest BCUT2D eigenvalue weighted by Gasteiger charge is 2.00. The van der Waals surface area contributed by atoms with Crippen molar-refractivity contribution in [2.75, 3.05) is 0 Å². The number of hydrogen-bond donors (Lipinski definition) is 0. The Labute approximate surface area is 93.7 Å². The number of nitrogens with zero attached hydrogens (tertiary/aromatic N) is 2. The number of aryl methyl sites for hydroxylation is 1. The van der Waals surface area contributed by atoms with Gasteiger partial charge in [0, 0.05) is 5.39 Å². The van der Waals surface area contributed by atoms with Crippen LogP contribution in [0.5, 0.6) is 0 Å². The van der Waals surface area contributed by atoms with E-state index in [1.807, 2.05) is 58.9 Å². The number of hydrogen-bond acceptors (Lipinski definition) is 1. The molecule has 3 heteroatoms. The van der Waals surface area contributed by atoms with Gasteiger partial charge in [0.25, 0.3) is 7.98 Å². The molecule has 15 heavy (non-hydrogen) atoms. The van der Waals surface area contributed by atoms with Gasteiger partial charge >= 0.3 is 0 Å². The lowest BCUT2D eigenvalue weighted by Gasteiger charge is -1.90. The Morgan fingerprint density at radius 1 is 1.07 bits per heavy atom. The topological polar surface area (TPSA) is 17.8 Å². The maximum absolute atomic E-state index is 5.58. The highest BCUT2D eigenvalue weighted by atomic mass is 15.2. The van der Waals surface area contributed by atoms with Crippen LogP contribution in [0.1, 0.15) is 33.4 Å². The van der Waals surface area contributed by atoms with Crippen LogP contribution in [0.2, 0.25) is 0 Å². The molecule has 0 amide bonds. The highest BCUT2D eigenvalue weighted by Crippen LogP contribution is 2.15. The van der Waals surface area contributed by atoms with Crippen LogP contribution >= 0.6 is 0 Å². The van der Waals surface area contributed by atoms with Crippen LogP contribution in [-0.2, 0) is 0 Å². The Kier molecular flexibility index (Phi) is 6.51. The van der Waals surface area contributed by atoms with Crippen molar-refractivity contribution in [2.45, 2.75) is 34.6 Å². The molecule has 0 unspecified atom stereocenters. The second-order valence-electron chi connectivity index (χ2n) is 2.55. The Balaban J connectivity index is 0.000000442. The Hall–Kier alpha value is -1.25. The van der Waals surface area contributed by atoms with E-state index in [2.05, 4.69) is 5.10 Å². The zero-order chi connectivity index (χ0) is 11.8. The minimum absolute atomic E-state index is 0.975. The van der Waals surface area contributed by atoms with E-state index < -0.39 is 0 Å². The zero-order valence-electron chi connectivity index (χ0n) is 10.3. The molecular formula is C12H19BN2. The quantitative estimate of drug-likeness (QED) is 0.599. The standard InChI is InChI=1S/C8H7BN2.2C2H6/c1-6-7-4-2-3-5-8(7)11(9)10-6;2*1-2/h2-5H,1H3;2*1-2H3. The largest absolute Gasteiger partial charge is 0.323 e. The van der Waals surface area contributed by atoms with E-state index in [0.717, 1.165) is 16.6 Å². The first-order valence-corrected chi connectivity index (χ1v) is 5.48. The maximum atomic E-state index is 5.58. The van der Waals surface area contributed by atoms with Gasteiger partial charge in [-0.1, -0.05) is 45.9 Å². The molecule has 0 saturated heterocycles. The summed E-state index contributed by atoms with van der Waals surface area (Å²) < 4.78 is 1.41. The molecule has 0 aliphatic carbocycles. The summed E-state index contributed by atoms with van der Waals surface area (Å²) >= 11 is 0. The predicted molar refractivity (Wildman–Crippen MR) is 68.3 cm³/mol. The number of fused-ring (bicyclic) bond motifs is 1. The van der Waals surface area contributed by atoms with E-state index in [9.17, 15) is 0 Å². The summed E-state index contributed by atoms with van der Waals surface area (Å²) in [6.45, 7) is 9.95. The van der Waals surface area contributed by atoms with Crippen molar-refractivity contribution in [2.24, 2.45) is 0 Å². The van der Waals surface area contributed by atoms with Gasteiger partial charge in [0.05, 0.1) is 11.2 Å². The lowest BCUT2D eigenvalue weighted by molar-refractivity contribution is 0.987. The first kappa shape index (κ1) is 13.8. The summed E-state index contributed by atoms with van der Waals surface area (Å²) in [6, 6.07) is 7.90.